The summed E-state index contributed by atoms with van der Waals surface area (Å²) in [7, 11) is 0. The molecule has 0 atom stereocenters. The van der Waals surface area contributed by atoms with Gasteiger partial charge in [-0.3, -0.25) is 4.79 Å². The molecule has 0 aliphatic rings. The Morgan fingerprint density at radius 2 is 1.77 bits per heavy atom. The fraction of sp³-hybridized carbons (Fsp3) is 0.0667. The molecule has 0 bridgehead atoms. The third-order valence-corrected chi connectivity index (χ3v) is 2.85. The number of nitrogens with one attached hydrogen (secondary N) is 1. The van der Waals surface area contributed by atoms with E-state index in [2.05, 4.69) is 5.32 Å². The number of benzene rings is 2. The quantitative estimate of drug-likeness (QED) is 0.876. The lowest BCUT2D eigenvalue weighted by molar-refractivity contribution is -0.119. The summed E-state index contributed by atoms with van der Waals surface area (Å²) in [6.45, 7) is -0.599. The summed E-state index contributed by atoms with van der Waals surface area (Å²) in [5.41, 5.74) is 0.0269. The number of hydrogen-bond acceptors (Lipinski definition) is 3. The average molecular weight is 326 g/mol. The molecular weight excluding hydrogens is 316 g/mol. The summed E-state index contributed by atoms with van der Waals surface area (Å²) < 4.78 is 30.9. The molecule has 7 heteroatoms. The molecule has 0 aliphatic heterocycles. The smallest absolute Gasteiger partial charge is 0.338 e. The Morgan fingerprint density at radius 3 is 2.41 bits per heavy atom. The molecular formula is C15H10ClF2NO3. The molecule has 1 N–H and O–H groups in total. The van der Waals surface area contributed by atoms with E-state index < -0.39 is 30.1 Å². The van der Waals surface area contributed by atoms with E-state index in [9.17, 15) is 18.4 Å². The Kier molecular flexibility index (Phi) is 5.06. The second kappa shape index (κ2) is 7.00. The van der Waals surface area contributed by atoms with Crippen LogP contribution in [0.2, 0.25) is 5.02 Å². The van der Waals surface area contributed by atoms with Crippen molar-refractivity contribution >= 4 is 29.2 Å². The first kappa shape index (κ1) is 15.9. The van der Waals surface area contributed by atoms with E-state index in [0.717, 1.165) is 18.2 Å². The number of amides is 1. The maximum Gasteiger partial charge on any atom is 0.338 e. The summed E-state index contributed by atoms with van der Waals surface area (Å²) in [4.78, 5) is 23.2. The van der Waals surface area contributed by atoms with Crippen LogP contribution in [0.25, 0.3) is 0 Å². The van der Waals surface area contributed by atoms with Crippen molar-refractivity contribution in [2.45, 2.75) is 0 Å². The highest BCUT2D eigenvalue weighted by atomic mass is 35.5. The zero-order valence-electron chi connectivity index (χ0n) is 11.1. The highest BCUT2D eigenvalue weighted by molar-refractivity contribution is 6.30. The van der Waals surface area contributed by atoms with Gasteiger partial charge in [0, 0.05) is 5.02 Å². The second-order valence-corrected chi connectivity index (χ2v) is 4.69. The molecule has 0 saturated heterocycles. The second-order valence-electron chi connectivity index (χ2n) is 4.26. The van der Waals surface area contributed by atoms with Crippen molar-refractivity contribution in [3.8, 4) is 0 Å². The fourth-order valence-corrected chi connectivity index (χ4v) is 1.74. The lowest BCUT2D eigenvalue weighted by Crippen LogP contribution is -2.21. The van der Waals surface area contributed by atoms with Crippen LogP contribution in [0, 0.1) is 11.6 Å². The minimum absolute atomic E-state index is 0.0766. The standard InChI is InChI=1S/C15H10ClF2NO3/c16-10-3-6-13(12(18)7-10)19-14(20)8-22-15(21)9-1-4-11(17)5-2-9/h1-7H,8H2,(H,19,20). The Hall–Kier alpha value is -2.47. The lowest BCUT2D eigenvalue weighted by Gasteiger charge is -2.07. The molecule has 0 saturated carbocycles. The Bertz CT molecular complexity index is 704. The molecule has 0 aromatic heterocycles. The number of carbonyl (C=O) groups is 2. The number of halogens is 3. The molecule has 0 radical (unpaired) electrons. The molecule has 0 fully saturated rings. The minimum atomic E-state index is -0.785. The van der Waals surface area contributed by atoms with Crippen molar-refractivity contribution in [3.63, 3.8) is 0 Å². The van der Waals surface area contributed by atoms with Gasteiger partial charge in [-0.15, -0.1) is 0 Å². The Morgan fingerprint density at radius 1 is 1.09 bits per heavy atom. The predicted molar refractivity (Wildman–Crippen MR) is 76.7 cm³/mol. The van der Waals surface area contributed by atoms with Gasteiger partial charge in [-0.25, -0.2) is 13.6 Å². The fourth-order valence-electron chi connectivity index (χ4n) is 1.58. The molecule has 2 aromatic rings. The molecule has 0 heterocycles. The normalized spacial score (nSPS) is 10.1. The van der Waals surface area contributed by atoms with E-state index in [4.69, 9.17) is 16.3 Å². The summed E-state index contributed by atoms with van der Waals surface area (Å²) in [5, 5.41) is 2.44. The zero-order chi connectivity index (χ0) is 16.1. The molecule has 1 amide bonds. The van der Waals surface area contributed by atoms with Crippen LogP contribution in [0.5, 0.6) is 0 Å². The van der Waals surface area contributed by atoms with Gasteiger partial charge in [0.25, 0.3) is 5.91 Å². The summed E-state index contributed by atoms with van der Waals surface area (Å²) in [5.74, 6) is -2.69. The van der Waals surface area contributed by atoms with Crippen molar-refractivity contribution in [1.82, 2.24) is 0 Å². The van der Waals surface area contributed by atoms with Crippen molar-refractivity contribution in [3.05, 3.63) is 64.7 Å². The Labute approximate surface area is 129 Å². The first-order valence-corrected chi connectivity index (χ1v) is 6.51. The van der Waals surface area contributed by atoms with Crippen LogP contribution in [0.1, 0.15) is 10.4 Å². The van der Waals surface area contributed by atoms with Crippen LogP contribution in [-0.4, -0.2) is 18.5 Å². The largest absolute Gasteiger partial charge is 0.452 e. The van der Waals surface area contributed by atoms with Gasteiger partial charge in [-0.2, -0.15) is 0 Å². The summed E-state index contributed by atoms with van der Waals surface area (Å²) in [6, 6.07) is 8.40. The van der Waals surface area contributed by atoms with E-state index in [1.165, 1.54) is 24.3 Å². The first-order chi connectivity index (χ1) is 10.5. The summed E-state index contributed by atoms with van der Waals surface area (Å²) in [6.07, 6.45) is 0. The monoisotopic (exact) mass is 325 g/mol. The number of rotatable bonds is 4. The SMILES string of the molecule is O=C(COC(=O)c1ccc(F)cc1)Nc1ccc(Cl)cc1F. The van der Waals surface area contributed by atoms with Gasteiger partial charge in [-0.1, -0.05) is 11.6 Å². The number of esters is 1. The van der Waals surface area contributed by atoms with Gasteiger partial charge >= 0.3 is 5.97 Å². The van der Waals surface area contributed by atoms with E-state index in [0.29, 0.717) is 0 Å². The first-order valence-electron chi connectivity index (χ1n) is 6.13. The van der Waals surface area contributed by atoms with E-state index in [1.807, 2.05) is 0 Å². The predicted octanol–water partition coefficient (Wildman–Crippen LogP) is 3.41. The third-order valence-electron chi connectivity index (χ3n) is 2.62. The van der Waals surface area contributed by atoms with Gasteiger partial charge in [-0.05, 0) is 42.5 Å². The summed E-state index contributed by atoms with van der Waals surface area (Å²) >= 11 is 5.59. The van der Waals surface area contributed by atoms with Crippen molar-refractivity contribution in [2.24, 2.45) is 0 Å². The van der Waals surface area contributed by atoms with E-state index in [1.54, 1.807) is 0 Å². The molecule has 2 aromatic carbocycles. The maximum atomic E-state index is 13.5. The molecule has 0 spiro atoms. The number of ether oxygens (including phenoxy) is 1. The highest BCUT2D eigenvalue weighted by Gasteiger charge is 2.12. The van der Waals surface area contributed by atoms with Crippen molar-refractivity contribution in [2.75, 3.05) is 11.9 Å². The van der Waals surface area contributed by atoms with E-state index >= 15 is 0 Å². The van der Waals surface area contributed by atoms with Crippen molar-refractivity contribution in [1.29, 1.82) is 0 Å². The van der Waals surface area contributed by atoms with Gasteiger partial charge in [0.05, 0.1) is 11.3 Å². The molecule has 0 aliphatic carbocycles. The van der Waals surface area contributed by atoms with Gasteiger partial charge in [0.2, 0.25) is 0 Å². The van der Waals surface area contributed by atoms with Gasteiger partial charge in [0.15, 0.2) is 6.61 Å². The maximum absolute atomic E-state index is 13.5. The van der Waals surface area contributed by atoms with Gasteiger partial charge < -0.3 is 10.1 Å². The molecule has 114 valence electrons. The van der Waals surface area contributed by atoms with Crippen LogP contribution >= 0.6 is 11.6 Å². The average Bonchev–Trinajstić information content (AvgIpc) is 2.48. The van der Waals surface area contributed by atoms with Crippen LogP contribution < -0.4 is 5.32 Å². The molecule has 0 unspecified atom stereocenters. The third kappa shape index (κ3) is 4.26. The van der Waals surface area contributed by atoms with Crippen LogP contribution in [0.4, 0.5) is 14.5 Å². The number of carbonyl (C=O) groups excluding carboxylic acids is 2. The lowest BCUT2D eigenvalue weighted by atomic mass is 10.2. The zero-order valence-corrected chi connectivity index (χ0v) is 11.9. The van der Waals surface area contributed by atoms with Crippen LogP contribution in [0.3, 0.4) is 0 Å². The van der Waals surface area contributed by atoms with Crippen molar-refractivity contribution < 1.29 is 23.1 Å². The highest BCUT2D eigenvalue weighted by Crippen LogP contribution is 2.18. The topological polar surface area (TPSA) is 55.4 Å². The number of anilines is 1. The Balaban J connectivity index is 1.89. The number of hydrogen-bond donors (Lipinski definition) is 1. The molecule has 4 nitrogen and oxygen atoms in total. The van der Waals surface area contributed by atoms with Crippen LogP contribution in [-0.2, 0) is 9.53 Å². The minimum Gasteiger partial charge on any atom is -0.452 e. The molecule has 2 rings (SSSR count). The van der Waals surface area contributed by atoms with Crippen LogP contribution in [0.15, 0.2) is 42.5 Å². The molecule has 22 heavy (non-hydrogen) atoms. The van der Waals surface area contributed by atoms with E-state index in [-0.39, 0.29) is 16.3 Å². The van der Waals surface area contributed by atoms with Gasteiger partial charge in [0.1, 0.15) is 11.6 Å².